The van der Waals surface area contributed by atoms with Gasteiger partial charge < -0.3 is 10.5 Å². The fourth-order valence-corrected chi connectivity index (χ4v) is 2.38. The van der Waals surface area contributed by atoms with Gasteiger partial charge in [-0.2, -0.15) is 0 Å². The van der Waals surface area contributed by atoms with Crippen molar-refractivity contribution < 1.29 is 9.53 Å². The molecule has 5 nitrogen and oxygen atoms in total. The predicted molar refractivity (Wildman–Crippen MR) is 83.3 cm³/mol. The van der Waals surface area contributed by atoms with Crippen molar-refractivity contribution in [2.75, 3.05) is 12.3 Å². The first-order valence-corrected chi connectivity index (χ1v) is 7.25. The zero-order valence-electron chi connectivity index (χ0n) is 11.7. The maximum absolute atomic E-state index is 11.9. The lowest BCUT2D eigenvalue weighted by molar-refractivity contribution is 0.0521. The van der Waals surface area contributed by atoms with Crippen LogP contribution in [0.5, 0.6) is 0 Å². The number of ether oxygens (including phenoxy) is 1. The predicted octanol–water partition coefficient (Wildman–Crippen LogP) is 3.50. The number of esters is 1. The second-order valence-electron chi connectivity index (χ2n) is 4.24. The first-order valence-electron chi connectivity index (χ1n) is 6.49. The Hall–Kier alpha value is -1.72. The van der Waals surface area contributed by atoms with E-state index >= 15 is 0 Å². The van der Waals surface area contributed by atoms with Crippen molar-refractivity contribution in [1.82, 2.24) is 9.55 Å². The molecule has 0 fully saturated rings. The molecule has 0 saturated carbocycles. The Morgan fingerprint density at radius 3 is 2.71 bits per heavy atom. The van der Waals surface area contributed by atoms with Crippen LogP contribution in [-0.4, -0.2) is 22.1 Å². The summed E-state index contributed by atoms with van der Waals surface area (Å²) < 4.78 is 6.58. The van der Waals surface area contributed by atoms with E-state index in [0.29, 0.717) is 28.0 Å². The maximum Gasteiger partial charge on any atom is 0.360 e. The minimum atomic E-state index is -0.554. The summed E-state index contributed by atoms with van der Waals surface area (Å²) in [6, 6.07) is 5.20. The first kappa shape index (κ1) is 15.7. The molecule has 1 aromatic heterocycles. The number of anilines is 1. The average Bonchev–Trinajstić information content (AvgIpc) is 2.79. The third-order valence-electron chi connectivity index (χ3n) is 2.94. The molecule has 0 atom stereocenters. The summed E-state index contributed by atoms with van der Waals surface area (Å²) in [5.74, 6) is 0.246. The van der Waals surface area contributed by atoms with E-state index in [4.69, 9.17) is 33.7 Å². The molecular weight excluding hydrogens is 313 g/mol. The lowest BCUT2D eigenvalue weighted by Crippen LogP contribution is -2.09. The Morgan fingerprint density at radius 2 is 2.10 bits per heavy atom. The summed E-state index contributed by atoms with van der Waals surface area (Å²) >= 11 is 12.3. The molecule has 2 rings (SSSR count). The molecule has 2 aromatic rings. The van der Waals surface area contributed by atoms with Gasteiger partial charge in [0, 0.05) is 6.42 Å². The second-order valence-corrected chi connectivity index (χ2v) is 5.03. The van der Waals surface area contributed by atoms with E-state index < -0.39 is 5.97 Å². The number of nitrogen functional groups attached to an aromatic ring is 1. The number of carbonyl (C=O) groups is 1. The highest BCUT2D eigenvalue weighted by molar-refractivity contribution is 6.43. The highest BCUT2D eigenvalue weighted by Crippen LogP contribution is 2.32. The molecule has 0 aliphatic carbocycles. The zero-order chi connectivity index (χ0) is 15.6. The van der Waals surface area contributed by atoms with Gasteiger partial charge in [0.1, 0.15) is 11.6 Å². The Morgan fingerprint density at radius 1 is 1.38 bits per heavy atom. The molecule has 0 aliphatic heterocycles. The van der Waals surface area contributed by atoms with Gasteiger partial charge in [0.05, 0.1) is 22.3 Å². The van der Waals surface area contributed by atoms with Crippen molar-refractivity contribution in [3.05, 3.63) is 39.8 Å². The van der Waals surface area contributed by atoms with E-state index in [1.807, 2.05) is 6.92 Å². The van der Waals surface area contributed by atoms with Crippen LogP contribution in [0.3, 0.4) is 0 Å². The second kappa shape index (κ2) is 6.37. The highest BCUT2D eigenvalue weighted by atomic mass is 35.5. The summed E-state index contributed by atoms with van der Waals surface area (Å²) in [6.45, 7) is 3.88. The summed E-state index contributed by atoms with van der Waals surface area (Å²) in [5.41, 5.74) is 6.73. The van der Waals surface area contributed by atoms with Crippen LogP contribution in [0.2, 0.25) is 10.0 Å². The van der Waals surface area contributed by atoms with Gasteiger partial charge in [-0.15, -0.1) is 0 Å². The maximum atomic E-state index is 11.9. The molecule has 0 saturated heterocycles. The Labute approximate surface area is 132 Å². The van der Waals surface area contributed by atoms with Crippen LogP contribution in [-0.2, 0) is 11.2 Å². The highest BCUT2D eigenvalue weighted by Gasteiger charge is 2.23. The van der Waals surface area contributed by atoms with Gasteiger partial charge in [0.2, 0.25) is 0 Å². The Bertz CT molecular complexity index is 683. The number of hydrogen-bond donors (Lipinski definition) is 1. The third kappa shape index (κ3) is 2.84. The van der Waals surface area contributed by atoms with Gasteiger partial charge in [-0.05, 0) is 19.1 Å². The molecule has 0 radical (unpaired) electrons. The number of nitrogens with zero attached hydrogens (tertiary/aromatic N) is 2. The van der Waals surface area contributed by atoms with Crippen molar-refractivity contribution in [3.8, 4) is 5.69 Å². The van der Waals surface area contributed by atoms with Gasteiger partial charge >= 0.3 is 5.97 Å². The van der Waals surface area contributed by atoms with Crippen molar-refractivity contribution in [1.29, 1.82) is 0 Å². The molecule has 112 valence electrons. The molecule has 0 bridgehead atoms. The van der Waals surface area contributed by atoms with Gasteiger partial charge in [0.15, 0.2) is 5.69 Å². The van der Waals surface area contributed by atoms with Crippen molar-refractivity contribution in [3.63, 3.8) is 0 Å². The lowest BCUT2D eigenvalue weighted by atomic mass is 10.3. The molecule has 1 aromatic carbocycles. The van der Waals surface area contributed by atoms with Crippen LogP contribution in [0.15, 0.2) is 18.2 Å². The summed E-state index contributed by atoms with van der Waals surface area (Å²) in [7, 11) is 0. The van der Waals surface area contributed by atoms with Crippen LogP contribution in [0.4, 0.5) is 5.82 Å². The minimum absolute atomic E-state index is 0.0877. The van der Waals surface area contributed by atoms with Crippen LogP contribution in [0.25, 0.3) is 5.69 Å². The number of halogens is 2. The van der Waals surface area contributed by atoms with Crippen LogP contribution in [0, 0.1) is 0 Å². The number of nitrogens with two attached hydrogens (primary N) is 1. The van der Waals surface area contributed by atoms with E-state index in [9.17, 15) is 4.79 Å². The number of hydrogen-bond acceptors (Lipinski definition) is 4. The molecule has 2 N–H and O–H groups in total. The Balaban J connectivity index is 2.63. The quantitative estimate of drug-likeness (QED) is 0.872. The van der Waals surface area contributed by atoms with Crippen LogP contribution in [0.1, 0.15) is 30.2 Å². The molecular formula is C14H15Cl2N3O2. The van der Waals surface area contributed by atoms with Crippen LogP contribution >= 0.6 is 23.2 Å². The van der Waals surface area contributed by atoms with E-state index in [1.165, 1.54) is 0 Å². The van der Waals surface area contributed by atoms with Gasteiger partial charge in [-0.25, -0.2) is 9.78 Å². The molecule has 7 heteroatoms. The Kier molecular flexibility index (Phi) is 4.75. The van der Waals surface area contributed by atoms with Gasteiger partial charge in [-0.3, -0.25) is 4.57 Å². The molecule has 21 heavy (non-hydrogen) atoms. The SMILES string of the molecule is CCOC(=O)c1nc(CC)n(-c2cccc(Cl)c2Cl)c1N. The largest absolute Gasteiger partial charge is 0.461 e. The normalized spacial score (nSPS) is 10.7. The summed E-state index contributed by atoms with van der Waals surface area (Å²) in [5, 5.41) is 0.760. The summed E-state index contributed by atoms with van der Waals surface area (Å²) in [4.78, 5) is 16.1. The third-order valence-corrected chi connectivity index (χ3v) is 3.75. The van der Waals surface area contributed by atoms with Crippen molar-refractivity contribution >= 4 is 35.0 Å². The lowest BCUT2D eigenvalue weighted by Gasteiger charge is -2.11. The molecule has 0 amide bonds. The molecule has 0 spiro atoms. The van der Waals surface area contributed by atoms with Gasteiger partial charge in [0.25, 0.3) is 0 Å². The van der Waals surface area contributed by atoms with Crippen LogP contribution < -0.4 is 5.73 Å². The average molecular weight is 328 g/mol. The topological polar surface area (TPSA) is 70.1 Å². The molecule has 1 heterocycles. The fourth-order valence-electron chi connectivity index (χ4n) is 2.00. The van der Waals surface area contributed by atoms with Crippen molar-refractivity contribution in [2.24, 2.45) is 0 Å². The zero-order valence-corrected chi connectivity index (χ0v) is 13.2. The first-order chi connectivity index (χ1) is 10.0. The fraction of sp³-hybridized carbons (Fsp3) is 0.286. The smallest absolute Gasteiger partial charge is 0.360 e. The number of benzene rings is 1. The summed E-state index contributed by atoms with van der Waals surface area (Å²) in [6.07, 6.45) is 0.576. The van der Waals surface area contributed by atoms with E-state index in [2.05, 4.69) is 4.98 Å². The molecule has 0 aliphatic rings. The van der Waals surface area contributed by atoms with E-state index in [-0.39, 0.29) is 18.1 Å². The van der Waals surface area contributed by atoms with Gasteiger partial charge in [-0.1, -0.05) is 36.2 Å². The minimum Gasteiger partial charge on any atom is -0.461 e. The number of carbonyl (C=O) groups excluding carboxylic acids is 1. The monoisotopic (exact) mass is 327 g/mol. The number of rotatable bonds is 4. The molecule has 0 unspecified atom stereocenters. The van der Waals surface area contributed by atoms with E-state index in [1.54, 1.807) is 29.7 Å². The number of aryl methyl sites for hydroxylation is 1. The van der Waals surface area contributed by atoms with Crippen molar-refractivity contribution in [2.45, 2.75) is 20.3 Å². The standard InChI is InChI=1S/C14H15Cl2N3O2/c1-3-10-18-12(14(20)21-4-2)13(17)19(10)9-7-5-6-8(15)11(9)16/h5-7H,3-4,17H2,1-2H3. The number of aromatic nitrogens is 2. The van der Waals surface area contributed by atoms with E-state index in [0.717, 1.165) is 0 Å². The number of imidazole rings is 1.